The first-order valence-corrected chi connectivity index (χ1v) is 10.5. The van der Waals surface area contributed by atoms with Crippen molar-refractivity contribution in [2.24, 2.45) is 0 Å². The lowest BCUT2D eigenvalue weighted by molar-refractivity contribution is -0.137. The molecular formula is C27H23F3N2. The fraction of sp³-hybridized carbons (Fsp3) is 0.111. The van der Waals surface area contributed by atoms with E-state index in [4.69, 9.17) is 5.73 Å². The summed E-state index contributed by atoms with van der Waals surface area (Å²) in [7, 11) is 0. The second-order valence-corrected chi connectivity index (χ2v) is 7.30. The molecule has 0 bridgehead atoms. The Labute approximate surface area is 184 Å². The second-order valence-electron chi connectivity index (χ2n) is 7.30. The Kier molecular flexibility index (Phi) is 5.66. The molecular weight excluding hydrogens is 409 g/mol. The molecule has 2 nitrogen and oxygen atoms in total. The molecule has 32 heavy (non-hydrogen) atoms. The molecule has 0 aliphatic rings. The number of alkyl halides is 3. The normalized spacial score (nSPS) is 11.4. The molecule has 0 atom stereocenters. The molecule has 1 aromatic heterocycles. The maximum Gasteiger partial charge on any atom is 0.417 e. The van der Waals surface area contributed by atoms with Crippen molar-refractivity contribution in [3.05, 3.63) is 96.7 Å². The summed E-state index contributed by atoms with van der Waals surface area (Å²) < 4.78 is 42.0. The topological polar surface area (TPSA) is 30.9 Å². The third kappa shape index (κ3) is 3.94. The average Bonchev–Trinajstić information content (AvgIpc) is 3.27. The molecule has 0 aliphatic heterocycles. The van der Waals surface area contributed by atoms with Gasteiger partial charge in [0.2, 0.25) is 0 Å². The number of nitrogens with two attached hydrogens (primary N) is 1. The number of halogens is 3. The average molecular weight is 432 g/mol. The standard InChI is InChI=1S/C25H17F3N2.C2H6/c26-25(27,28)19-14-24(30(15-19)21-10-8-20(29)9-11-21)18-7-12-23-17(13-18)6-5-16-3-1-2-4-22(16)23;1-2/h1-15H,29H2;1-2H3. The Hall–Kier alpha value is -3.73. The molecule has 0 spiro atoms. The Bertz CT molecular complexity index is 1380. The molecule has 5 rings (SSSR count). The van der Waals surface area contributed by atoms with Gasteiger partial charge in [-0.15, -0.1) is 0 Å². The van der Waals surface area contributed by atoms with Gasteiger partial charge in [0.1, 0.15) is 0 Å². The lowest BCUT2D eigenvalue weighted by atomic mass is 9.99. The van der Waals surface area contributed by atoms with E-state index >= 15 is 0 Å². The van der Waals surface area contributed by atoms with E-state index in [0.29, 0.717) is 22.6 Å². The number of nitrogen functional groups attached to an aromatic ring is 1. The van der Waals surface area contributed by atoms with Gasteiger partial charge >= 0.3 is 6.18 Å². The van der Waals surface area contributed by atoms with Crippen LogP contribution in [0.3, 0.4) is 0 Å². The van der Waals surface area contributed by atoms with E-state index in [9.17, 15) is 13.2 Å². The van der Waals surface area contributed by atoms with Gasteiger partial charge in [0.25, 0.3) is 0 Å². The predicted molar refractivity (Wildman–Crippen MR) is 127 cm³/mol. The summed E-state index contributed by atoms with van der Waals surface area (Å²) in [4.78, 5) is 0. The summed E-state index contributed by atoms with van der Waals surface area (Å²) in [5.41, 5.74) is 7.42. The molecule has 0 amide bonds. The van der Waals surface area contributed by atoms with Crippen LogP contribution < -0.4 is 5.73 Å². The van der Waals surface area contributed by atoms with Crippen LogP contribution in [0.5, 0.6) is 0 Å². The minimum absolute atomic E-state index is 0.474. The number of nitrogens with zero attached hydrogens (tertiary/aromatic N) is 1. The number of fused-ring (bicyclic) bond motifs is 3. The van der Waals surface area contributed by atoms with Gasteiger partial charge in [0.15, 0.2) is 0 Å². The fourth-order valence-electron chi connectivity index (χ4n) is 3.86. The van der Waals surface area contributed by atoms with Gasteiger partial charge in [-0.05, 0) is 63.5 Å². The summed E-state index contributed by atoms with van der Waals surface area (Å²) in [5.74, 6) is 0. The van der Waals surface area contributed by atoms with E-state index in [1.807, 2.05) is 62.4 Å². The van der Waals surface area contributed by atoms with E-state index in [2.05, 4.69) is 6.07 Å². The second kappa shape index (κ2) is 8.42. The third-order valence-corrected chi connectivity index (χ3v) is 5.36. The monoisotopic (exact) mass is 432 g/mol. The van der Waals surface area contributed by atoms with Crippen LogP contribution in [0, 0.1) is 0 Å². The van der Waals surface area contributed by atoms with Crippen LogP contribution in [-0.2, 0) is 6.18 Å². The van der Waals surface area contributed by atoms with Crippen molar-refractivity contribution in [2.75, 3.05) is 5.73 Å². The summed E-state index contributed by atoms with van der Waals surface area (Å²) >= 11 is 0. The van der Waals surface area contributed by atoms with Crippen LogP contribution in [0.2, 0.25) is 0 Å². The van der Waals surface area contributed by atoms with E-state index in [0.717, 1.165) is 27.7 Å². The molecule has 4 aromatic carbocycles. The molecule has 0 unspecified atom stereocenters. The molecule has 0 saturated heterocycles. The molecule has 162 valence electrons. The summed E-state index contributed by atoms with van der Waals surface area (Å²) in [6.45, 7) is 4.00. The zero-order chi connectivity index (χ0) is 22.9. The zero-order valence-corrected chi connectivity index (χ0v) is 17.8. The fourth-order valence-corrected chi connectivity index (χ4v) is 3.86. The molecule has 1 heterocycles. The van der Waals surface area contributed by atoms with Gasteiger partial charge in [-0.2, -0.15) is 13.2 Å². The van der Waals surface area contributed by atoms with Crippen LogP contribution in [0.15, 0.2) is 91.1 Å². The largest absolute Gasteiger partial charge is 0.417 e. The van der Waals surface area contributed by atoms with Crippen molar-refractivity contribution < 1.29 is 13.2 Å². The van der Waals surface area contributed by atoms with Gasteiger partial charge in [0.05, 0.1) is 11.3 Å². The lowest BCUT2D eigenvalue weighted by Gasteiger charge is -2.11. The maximum absolute atomic E-state index is 13.5. The van der Waals surface area contributed by atoms with Crippen LogP contribution in [0.1, 0.15) is 19.4 Å². The number of aromatic nitrogens is 1. The van der Waals surface area contributed by atoms with Gasteiger partial charge in [-0.25, -0.2) is 0 Å². The number of hydrogen-bond donors (Lipinski definition) is 1. The van der Waals surface area contributed by atoms with Crippen molar-refractivity contribution in [1.82, 2.24) is 4.57 Å². The molecule has 2 N–H and O–H groups in total. The third-order valence-electron chi connectivity index (χ3n) is 5.36. The number of benzene rings is 4. The predicted octanol–water partition coefficient (Wildman–Crippen LogP) is 8.08. The summed E-state index contributed by atoms with van der Waals surface area (Å²) in [6.07, 6.45) is -3.30. The van der Waals surface area contributed by atoms with Gasteiger partial charge in [-0.3, -0.25) is 0 Å². The Balaban J connectivity index is 0.00000119. The minimum Gasteiger partial charge on any atom is -0.399 e. The Morgan fingerprint density at radius 3 is 2.09 bits per heavy atom. The molecule has 0 fully saturated rings. The molecule has 0 saturated carbocycles. The molecule has 5 heteroatoms. The first-order valence-electron chi connectivity index (χ1n) is 10.5. The van der Waals surface area contributed by atoms with Crippen LogP contribution in [-0.4, -0.2) is 4.57 Å². The number of anilines is 1. The summed E-state index contributed by atoms with van der Waals surface area (Å²) in [5, 5.41) is 4.29. The summed E-state index contributed by atoms with van der Waals surface area (Å²) in [6, 6.07) is 25.9. The maximum atomic E-state index is 13.5. The number of hydrogen-bond acceptors (Lipinski definition) is 1. The number of rotatable bonds is 2. The van der Waals surface area contributed by atoms with Gasteiger partial charge in [-0.1, -0.05) is 62.4 Å². The highest BCUT2D eigenvalue weighted by molar-refractivity contribution is 6.08. The van der Waals surface area contributed by atoms with Crippen LogP contribution >= 0.6 is 0 Å². The van der Waals surface area contributed by atoms with E-state index < -0.39 is 11.7 Å². The van der Waals surface area contributed by atoms with Crippen LogP contribution in [0.25, 0.3) is 38.5 Å². The van der Waals surface area contributed by atoms with Crippen LogP contribution in [0.4, 0.5) is 18.9 Å². The Morgan fingerprint density at radius 1 is 0.719 bits per heavy atom. The quantitative estimate of drug-likeness (QED) is 0.222. The molecule has 0 aliphatic carbocycles. The van der Waals surface area contributed by atoms with E-state index in [-0.39, 0.29) is 0 Å². The molecule has 0 radical (unpaired) electrons. The van der Waals surface area contributed by atoms with Crippen molar-refractivity contribution in [1.29, 1.82) is 0 Å². The van der Waals surface area contributed by atoms with Crippen molar-refractivity contribution in [3.8, 4) is 16.9 Å². The Morgan fingerprint density at radius 2 is 1.38 bits per heavy atom. The first-order chi connectivity index (χ1) is 15.4. The van der Waals surface area contributed by atoms with Gasteiger partial charge < -0.3 is 10.3 Å². The van der Waals surface area contributed by atoms with E-state index in [1.54, 1.807) is 28.8 Å². The van der Waals surface area contributed by atoms with E-state index in [1.165, 1.54) is 6.07 Å². The smallest absolute Gasteiger partial charge is 0.399 e. The minimum atomic E-state index is -4.43. The first kappa shape index (κ1) is 21.5. The molecule has 5 aromatic rings. The highest BCUT2D eigenvalue weighted by Crippen LogP contribution is 2.37. The highest BCUT2D eigenvalue weighted by Gasteiger charge is 2.33. The van der Waals surface area contributed by atoms with Gasteiger partial charge in [0, 0.05) is 17.6 Å². The highest BCUT2D eigenvalue weighted by atomic mass is 19.4. The van der Waals surface area contributed by atoms with Crippen molar-refractivity contribution in [2.45, 2.75) is 20.0 Å². The lowest BCUT2D eigenvalue weighted by Crippen LogP contribution is -2.03. The SMILES string of the molecule is CC.Nc1ccc(-n2cc(C(F)(F)F)cc2-c2ccc3c(ccc4ccccc43)c2)cc1. The van der Waals surface area contributed by atoms with Crippen molar-refractivity contribution in [3.63, 3.8) is 0 Å². The van der Waals surface area contributed by atoms with Crippen molar-refractivity contribution >= 4 is 27.2 Å². The zero-order valence-electron chi connectivity index (χ0n) is 17.8.